The Morgan fingerprint density at radius 2 is 2.53 bits per heavy atom. The molecule has 1 saturated heterocycles. The van der Waals surface area contributed by atoms with E-state index in [4.69, 9.17) is 0 Å². The van der Waals surface area contributed by atoms with Crippen LogP contribution in [0.25, 0.3) is 10.7 Å². The highest BCUT2D eigenvalue weighted by Crippen LogP contribution is 2.21. The Kier molecular flexibility index (Phi) is 2.22. The predicted octanol–water partition coefficient (Wildman–Crippen LogP) is 0.936. The van der Waals surface area contributed by atoms with Gasteiger partial charge in [0.05, 0.1) is 12.2 Å². The molecular formula is C9H11N5S. The van der Waals surface area contributed by atoms with E-state index in [1.165, 1.54) is 0 Å². The van der Waals surface area contributed by atoms with Crippen molar-refractivity contribution in [3.05, 3.63) is 17.8 Å². The fourth-order valence-electron chi connectivity index (χ4n) is 1.77. The van der Waals surface area contributed by atoms with Crippen LogP contribution in [0.5, 0.6) is 0 Å². The molecule has 2 aromatic heterocycles. The number of rotatable bonds is 2. The van der Waals surface area contributed by atoms with Crippen LogP contribution in [0.1, 0.15) is 12.5 Å². The molecule has 1 aliphatic rings. The molecule has 6 heteroatoms. The highest BCUT2D eigenvalue weighted by molar-refractivity contribution is 7.13. The summed E-state index contributed by atoms with van der Waals surface area (Å²) in [4.78, 5) is 4.21. The van der Waals surface area contributed by atoms with Crippen molar-refractivity contribution in [2.75, 3.05) is 13.1 Å². The van der Waals surface area contributed by atoms with Gasteiger partial charge < -0.3 is 5.32 Å². The SMILES string of the molecule is c1csc(-c2cn(C3CCNC3)nn2)n1. The molecule has 78 valence electrons. The summed E-state index contributed by atoms with van der Waals surface area (Å²) in [6.07, 6.45) is 4.90. The molecule has 0 amide bonds. The van der Waals surface area contributed by atoms with Crippen molar-refractivity contribution in [1.29, 1.82) is 0 Å². The average molecular weight is 221 g/mol. The van der Waals surface area contributed by atoms with Gasteiger partial charge in [-0.15, -0.1) is 16.4 Å². The summed E-state index contributed by atoms with van der Waals surface area (Å²) in [6, 6.07) is 0.450. The highest BCUT2D eigenvalue weighted by atomic mass is 32.1. The lowest BCUT2D eigenvalue weighted by molar-refractivity contribution is 0.476. The average Bonchev–Trinajstić information content (AvgIpc) is 3.02. The predicted molar refractivity (Wildman–Crippen MR) is 57.7 cm³/mol. The third-order valence-electron chi connectivity index (χ3n) is 2.57. The van der Waals surface area contributed by atoms with E-state index in [0.29, 0.717) is 6.04 Å². The Morgan fingerprint density at radius 1 is 1.53 bits per heavy atom. The molecule has 1 unspecified atom stereocenters. The highest BCUT2D eigenvalue weighted by Gasteiger charge is 2.18. The lowest BCUT2D eigenvalue weighted by Crippen LogP contribution is -2.13. The second-order valence-electron chi connectivity index (χ2n) is 3.57. The molecule has 1 aliphatic heterocycles. The Balaban J connectivity index is 1.87. The monoisotopic (exact) mass is 221 g/mol. The lowest BCUT2D eigenvalue weighted by atomic mass is 10.3. The first kappa shape index (κ1) is 8.99. The van der Waals surface area contributed by atoms with Crippen molar-refractivity contribution >= 4 is 11.3 Å². The van der Waals surface area contributed by atoms with E-state index in [0.717, 1.165) is 30.2 Å². The molecule has 1 atom stereocenters. The zero-order chi connectivity index (χ0) is 10.1. The number of hydrogen-bond acceptors (Lipinski definition) is 5. The Labute approximate surface area is 91.1 Å². The van der Waals surface area contributed by atoms with E-state index in [9.17, 15) is 0 Å². The lowest BCUT2D eigenvalue weighted by Gasteiger charge is -2.05. The van der Waals surface area contributed by atoms with E-state index in [-0.39, 0.29) is 0 Å². The summed E-state index contributed by atoms with van der Waals surface area (Å²) in [6.45, 7) is 2.05. The van der Waals surface area contributed by atoms with Crippen LogP contribution < -0.4 is 5.32 Å². The molecule has 0 bridgehead atoms. The summed E-state index contributed by atoms with van der Waals surface area (Å²) >= 11 is 1.59. The van der Waals surface area contributed by atoms with Crippen LogP contribution in [0.4, 0.5) is 0 Å². The van der Waals surface area contributed by atoms with Crippen molar-refractivity contribution in [3.63, 3.8) is 0 Å². The van der Waals surface area contributed by atoms with Crippen molar-refractivity contribution in [3.8, 4) is 10.7 Å². The van der Waals surface area contributed by atoms with E-state index < -0.39 is 0 Å². The molecular weight excluding hydrogens is 210 g/mol. The molecule has 1 N–H and O–H groups in total. The van der Waals surface area contributed by atoms with Gasteiger partial charge in [-0.25, -0.2) is 9.67 Å². The van der Waals surface area contributed by atoms with Crippen molar-refractivity contribution in [2.24, 2.45) is 0 Å². The number of nitrogens with one attached hydrogen (secondary N) is 1. The standard InChI is InChI=1S/C9H11N5S/c1-2-10-5-7(1)14-6-8(12-13-14)9-11-3-4-15-9/h3-4,6-7,10H,1-2,5H2. The van der Waals surface area contributed by atoms with Gasteiger partial charge in [0.15, 0.2) is 0 Å². The van der Waals surface area contributed by atoms with Crippen LogP contribution in [0.3, 0.4) is 0 Å². The maximum absolute atomic E-state index is 4.21. The van der Waals surface area contributed by atoms with Crippen LogP contribution in [-0.4, -0.2) is 33.1 Å². The minimum absolute atomic E-state index is 0.450. The van der Waals surface area contributed by atoms with Gasteiger partial charge in [0.2, 0.25) is 0 Å². The van der Waals surface area contributed by atoms with Gasteiger partial charge in [-0.2, -0.15) is 0 Å². The third kappa shape index (κ3) is 1.66. The van der Waals surface area contributed by atoms with Gasteiger partial charge in [0, 0.05) is 18.1 Å². The molecule has 0 aromatic carbocycles. The van der Waals surface area contributed by atoms with Crippen LogP contribution in [0.15, 0.2) is 17.8 Å². The van der Waals surface area contributed by atoms with Crippen molar-refractivity contribution in [1.82, 2.24) is 25.3 Å². The molecule has 15 heavy (non-hydrogen) atoms. The summed E-state index contributed by atoms with van der Waals surface area (Å²) < 4.78 is 1.94. The topological polar surface area (TPSA) is 55.6 Å². The molecule has 3 rings (SSSR count). The molecule has 3 heterocycles. The summed E-state index contributed by atoms with van der Waals surface area (Å²) in [5.74, 6) is 0. The summed E-state index contributed by atoms with van der Waals surface area (Å²) in [7, 11) is 0. The van der Waals surface area contributed by atoms with E-state index in [1.54, 1.807) is 17.5 Å². The van der Waals surface area contributed by atoms with Crippen LogP contribution in [-0.2, 0) is 0 Å². The van der Waals surface area contributed by atoms with Gasteiger partial charge in [-0.05, 0) is 13.0 Å². The van der Waals surface area contributed by atoms with E-state index in [2.05, 4.69) is 20.6 Å². The third-order valence-corrected chi connectivity index (χ3v) is 3.37. The second-order valence-corrected chi connectivity index (χ2v) is 4.46. The normalized spacial score (nSPS) is 20.9. The van der Waals surface area contributed by atoms with Gasteiger partial charge in [0.25, 0.3) is 0 Å². The number of hydrogen-bond donors (Lipinski definition) is 1. The minimum atomic E-state index is 0.450. The first-order valence-electron chi connectivity index (χ1n) is 4.96. The zero-order valence-electron chi connectivity index (χ0n) is 8.13. The number of nitrogens with zero attached hydrogens (tertiary/aromatic N) is 4. The minimum Gasteiger partial charge on any atom is -0.315 e. The van der Waals surface area contributed by atoms with Crippen LogP contribution in [0, 0.1) is 0 Å². The molecule has 1 fully saturated rings. The fourth-order valence-corrected chi connectivity index (χ4v) is 2.35. The second kappa shape index (κ2) is 3.71. The van der Waals surface area contributed by atoms with Gasteiger partial charge >= 0.3 is 0 Å². The quantitative estimate of drug-likeness (QED) is 0.820. The molecule has 5 nitrogen and oxygen atoms in total. The van der Waals surface area contributed by atoms with Gasteiger partial charge in [-0.1, -0.05) is 5.21 Å². The van der Waals surface area contributed by atoms with Gasteiger partial charge in [-0.3, -0.25) is 0 Å². The van der Waals surface area contributed by atoms with Crippen LogP contribution >= 0.6 is 11.3 Å². The Bertz CT molecular complexity index is 429. The zero-order valence-corrected chi connectivity index (χ0v) is 8.94. The van der Waals surface area contributed by atoms with Crippen molar-refractivity contribution < 1.29 is 0 Å². The Hall–Kier alpha value is -1.27. The molecule has 0 aliphatic carbocycles. The Morgan fingerprint density at radius 3 is 3.27 bits per heavy atom. The smallest absolute Gasteiger partial charge is 0.145 e. The maximum atomic E-state index is 4.21. The van der Waals surface area contributed by atoms with Gasteiger partial charge in [0.1, 0.15) is 10.7 Å². The van der Waals surface area contributed by atoms with Crippen molar-refractivity contribution in [2.45, 2.75) is 12.5 Å². The number of thiazole rings is 1. The molecule has 0 saturated carbocycles. The number of aromatic nitrogens is 4. The van der Waals surface area contributed by atoms with Crippen LogP contribution in [0.2, 0.25) is 0 Å². The first-order chi connectivity index (χ1) is 7.43. The maximum Gasteiger partial charge on any atom is 0.145 e. The first-order valence-corrected chi connectivity index (χ1v) is 5.84. The molecule has 2 aromatic rings. The molecule has 0 spiro atoms. The largest absolute Gasteiger partial charge is 0.315 e. The summed E-state index contributed by atoms with van der Waals surface area (Å²) in [5.41, 5.74) is 0.872. The molecule has 0 radical (unpaired) electrons. The van der Waals surface area contributed by atoms with E-state index >= 15 is 0 Å². The fraction of sp³-hybridized carbons (Fsp3) is 0.444. The summed E-state index contributed by atoms with van der Waals surface area (Å²) in [5, 5.41) is 14.5. The van der Waals surface area contributed by atoms with E-state index in [1.807, 2.05) is 16.3 Å².